The summed E-state index contributed by atoms with van der Waals surface area (Å²) in [7, 11) is 0. The Bertz CT molecular complexity index is 1480. The number of imide groups is 2. The van der Waals surface area contributed by atoms with Gasteiger partial charge in [-0.3, -0.25) is 14.9 Å². The Kier molecular flexibility index (Phi) is 6.95. The van der Waals surface area contributed by atoms with E-state index in [1.807, 2.05) is 38.1 Å². The number of aryl methyl sites for hydroxylation is 2. The third-order valence-corrected chi connectivity index (χ3v) is 7.39. The van der Waals surface area contributed by atoms with Crippen molar-refractivity contribution < 1.29 is 28.6 Å². The number of hydrogen-bond acceptors (Lipinski definition) is 6. The van der Waals surface area contributed by atoms with Crippen LogP contribution in [0.4, 0.5) is 10.5 Å². The number of anilines is 1. The zero-order valence-electron chi connectivity index (χ0n) is 19.8. The lowest BCUT2D eigenvalue weighted by Crippen LogP contribution is -2.54. The molecular weight excluding hydrogens is 655 g/mol. The van der Waals surface area contributed by atoms with Crippen LogP contribution in [0.5, 0.6) is 17.2 Å². The fourth-order valence-corrected chi connectivity index (χ4v) is 5.68. The van der Waals surface area contributed by atoms with Crippen molar-refractivity contribution in [2.45, 2.75) is 20.5 Å². The van der Waals surface area contributed by atoms with Gasteiger partial charge >= 0.3 is 6.03 Å². The van der Waals surface area contributed by atoms with Gasteiger partial charge in [0.2, 0.25) is 6.79 Å². The molecule has 4 amide bonds. The number of urea groups is 1. The first kappa shape index (κ1) is 25.3. The number of nitrogens with zero attached hydrogens (tertiary/aromatic N) is 1. The summed E-state index contributed by atoms with van der Waals surface area (Å²) in [5.41, 5.74) is 3.72. The van der Waals surface area contributed by atoms with Gasteiger partial charge in [0.15, 0.2) is 11.5 Å². The molecule has 37 heavy (non-hydrogen) atoms. The highest BCUT2D eigenvalue weighted by Crippen LogP contribution is 2.36. The second-order valence-corrected chi connectivity index (χ2v) is 10.5. The van der Waals surface area contributed by atoms with Crippen molar-refractivity contribution in [1.82, 2.24) is 5.32 Å². The number of carbonyl (C=O) groups excluding carboxylic acids is 3. The average Bonchev–Trinajstić information content (AvgIpc) is 3.31. The maximum absolute atomic E-state index is 13.2. The van der Waals surface area contributed by atoms with Gasteiger partial charge in [-0.15, -0.1) is 0 Å². The zero-order valence-corrected chi connectivity index (χ0v) is 23.5. The molecule has 0 bridgehead atoms. The van der Waals surface area contributed by atoms with Crippen LogP contribution in [0.2, 0.25) is 0 Å². The molecule has 0 saturated carbocycles. The van der Waals surface area contributed by atoms with E-state index in [1.54, 1.807) is 24.3 Å². The van der Waals surface area contributed by atoms with Crippen molar-refractivity contribution in [3.63, 3.8) is 0 Å². The number of carbonyl (C=O) groups is 3. The number of halogens is 2. The monoisotopic (exact) mass is 674 g/mol. The smallest absolute Gasteiger partial charge is 0.335 e. The Hall–Kier alpha value is -3.38. The third kappa shape index (κ3) is 5.08. The van der Waals surface area contributed by atoms with E-state index < -0.39 is 17.8 Å². The van der Waals surface area contributed by atoms with Gasteiger partial charge in [-0.1, -0.05) is 12.1 Å². The van der Waals surface area contributed by atoms with Gasteiger partial charge in [0, 0.05) is 0 Å². The van der Waals surface area contributed by atoms with Gasteiger partial charge in [0.05, 0.1) is 13.7 Å². The Morgan fingerprint density at radius 2 is 1.81 bits per heavy atom. The molecule has 1 N–H and O–H groups in total. The molecule has 2 aliphatic rings. The normalized spacial score (nSPS) is 15.8. The SMILES string of the molecule is Cc1ccc(N2C(=O)NC(=O)/C(=C\c3cc(Br)c(OCc4ccc5c(c4)OCO5)c(I)c3)C2=O)cc1C. The predicted molar refractivity (Wildman–Crippen MR) is 149 cm³/mol. The van der Waals surface area contributed by atoms with Crippen LogP contribution < -0.4 is 24.4 Å². The predicted octanol–water partition coefficient (Wildman–Crippen LogP) is 5.64. The molecule has 2 aliphatic heterocycles. The first-order valence-corrected chi connectivity index (χ1v) is 13.1. The van der Waals surface area contributed by atoms with Crippen LogP contribution in [0, 0.1) is 17.4 Å². The number of benzene rings is 3. The number of ether oxygens (including phenoxy) is 3. The molecule has 188 valence electrons. The van der Waals surface area contributed by atoms with E-state index in [-0.39, 0.29) is 12.4 Å². The number of amides is 4. The molecule has 0 aromatic heterocycles. The highest BCUT2D eigenvalue weighted by Gasteiger charge is 2.37. The van der Waals surface area contributed by atoms with Gasteiger partial charge in [-0.05, 0) is 117 Å². The highest BCUT2D eigenvalue weighted by molar-refractivity contribution is 14.1. The van der Waals surface area contributed by atoms with E-state index in [0.29, 0.717) is 39.6 Å². The quantitative estimate of drug-likeness (QED) is 0.214. The van der Waals surface area contributed by atoms with Crippen molar-refractivity contribution >= 4 is 68.1 Å². The van der Waals surface area contributed by atoms with Crippen LogP contribution in [0.15, 0.2) is 58.6 Å². The Morgan fingerprint density at radius 1 is 1.03 bits per heavy atom. The summed E-state index contributed by atoms with van der Waals surface area (Å²) in [4.78, 5) is 39.3. The second-order valence-electron chi connectivity index (χ2n) is 8.52. The lowest BCUT2D eigenvalue weighted by atomic mass is 10.0. The molecule has 1 fully saturated rings. The van der Waals surface area contributed by atoms with E-state index >= 15 is 0 Å². The van der Waals surface area contributed by atoms with E-state index in [1.165, 1.54) is 6.08 Å². The van der Waals surface area contributed by atoms with Crippen LogP contribution in [0.1, 0.15) is 22.3 Å². The largest absolute Gasteiger partial charge is 0.487 e. The van der Waals surface area contributed by atoms with Gasteiger partial charge in [-0.2, -0.15) is 0 Å². The molecule has 3 aromatic carbocycles. The third-order valence-electron chi connectivity index (χ3n) is 6.00. The van der Waals surface area contributed by atoms with Crippen LogP contribution in [-0.2, 0) is 16.2 Å². The lowest BCUT2D eigenvalue weighted by Gasteiger charge is -2.27. The molecule has 0 aliphatic carbocycles. The Balaban J connectivity index is 1.39. The Morgan fingerprint density at radius 3 is 2.57 bits per heavy atom. The van der Waals surface area contributed by atoms with Gasteiger partial charge in [-0.25, -0.2) is 9.69 Å². The van der Waals surface area contributed by atoms with Crippen molar-refractivity contribution in [1.29, 1.82) is 0 Å². The minimum atomic E-state index is -0.779. The second kappa shape index (κ2) is 10.2. The summed E-state index contributed by atoms with van der Waals surface area (Å²) in [6.07, 6.45) is 1.46. The lowest BCUT2D eigenvalue weighted by molar-refractivity contribution is -0.122. The van der Waals surface area contributed by atoms with Crippen molar-refractivity contribution in [2.24, 2.45) is 0 Å². The molecule has 0 atom stereocenters. The zero-order chi connectivity index (χ0) is 26.3. The molecule has 0 radical (unpaired) electrons. The summed E-state index contributed by atoms with van der Waals surface area (Å²) in [6, 6.07) is 13.6. The molecule has 8 nitrogen and oxygen atoms in total. The maximum Gasteiger partial charge on any atom is 0.335 e. The van der Waals surface area contributed by atoms with Crippen molar-refractivity contribution in [2.75, 3.05) is 11.7 Å². The highest BCUT2D eigenvalue weighted by atomic mass is 127. The number of barbiturate groups is 1. The molecule has 1 saturated heterocycles. The number of hydrogen-bond donors (Lipinski definition) is 1. The molecule has 0 unspecified atom stereocenters. The first-order valence-electron chi connectivity index (χ1n) is 11.2. The van der Waals surface area contributed by atoms with Crippen LogP contribution in [0.3, 0.4) is 0 Å². The molecule has 3 aromatic rings. The average molecular weight is 675 g/mol. The molecule has 2 heterocycles. The molecule has 5 rings (SSSR count). The fraction of sp³-hybridized carbons (Fsp3) is 0.148. The van der Waals surface area contributed by atoms with E-state index in [4.69, 9.17) is 14.2 Å². The molecule has 0 spiro atoms. The minimum absolute atomic E-state index is 0.144. The molecule has 10 heteroatoms. The maximum atomic E-state index is 13.2. The number of fused-ring (bicyclic) bond motifs is 1. The van der Waals surface area contributed by atoms with Gasteiger partial charge < -0.3 is 14.2 Å². The summed E-state index contributed by atoms with van der Waals surface area (Å²) in [6.45, 7) is 4.34. The van der Waals surface area contributed by atoms with Crippen LogP contribution in [0.25, 0.3) is 6.08 Å². The number of nitrogens with one attached hydrogen (secondary N) is 1. The Labute approximate surface area is 234 Å². The van der Waals surface area contributed by atoms with Gasteiger partial charge in [0.25, 0.3) is 11.8 Å². The van der Waals surface area contributed by atoms with E-state index in [0.717, 1.165) is 25.2 Å². The van der Waals surface area contributed by atoms with Gasteiger partial charge in [0.1, 0.15) is 17.9 Å². The summed E-state index contributed by atoms with van der Waals surface area (Å²) in [5.74, 6) is 0.568. The molecular formula is C27H20BrIN2O6. The van der Waals surface area contributed by atoms with Crippen molar-refractivity contribution in [3.8, 4) is 17.2 Å². The van der Waals surface area contributed by atoms with E-state index in [9.17, 15) is 14.4 Å². The first-order chi connectivity index (χ1) is 17.7. The van der Waals surface area contributed by atoms with E-state index in [2.05, 4.69) is 43.8 Å². The minimum Gasteiger partial charge on any atom is -0.487 e. The van der Waals surface area contributed by atoms with Crippen molar-refractivity contribution in [3.05, 3.63) is 84.4 Å². The van der Waals surface area contributed by atoms with Crippen LogP contribution >= 0.6 is 38.5 Å². The standard InChI is InChI=1S/C27H20BrIN2O6/c1-14-3-5-18(7-15(14)2)31-26(33)19(25(32)30-27(31)34)8-17-9-20(28)24(21(29)10-17)35-12-16-4-6-22-23(11-16)37-13-36-22/h3-11H,12-13H2,1-2H3,(H,30,32,34)/b19-8+. The fourth-order valence-electron chi connectivity index (χ4n) is 3.91. The summed E-state index contributed by atoms with van der Waals surface area (Å²) in [5, 5.41) is 2.26. The summed E-state index contributed by atoms with van der Waals surface area (Å²) >= 11 is 5.67. The topological polar surface area (TPSA) is 94.2 Å². The van der Waals surface area contributed by atoms with Crippen LogP contribution in [-0.4, -0.2) is 24.6 Å². The summed E-state index contributed by atoms with van der Waals surface area (Å²) < 4.78 is 18.2. The number of rotatable bonds is 5.